The highest BCUT2D eigenvalue weighted by molar-refractivity contribution is 7.13. The Morgan fingerprint density at radius 3 is 2.71 bits per heavy atom. The summed E-state index contributed by atoms with van der Waals surface area (Å²) >= 11 is 1.60. The number of nitriles is 1. The van der Waals surface area contributed by atoms with Crippen molar-refractivity contribution in [3.8, 4) is 16.6 Å². The molecule has 0 saturated carbocycles. The van der Waals surface area contributed by atoms with E-state index in [1.54, 1.807) is 11.3 Å². The summed E-state index contributed by atoms with van der Waals surface area (Å²) in [6.07, 6.45) is 1.96. The Bertz CT molecular complexity index is 738. The molecule has 0 aliphatic rings. The largest absolute Gasteiger partial charge is 0.242 e. The van der Waals surface area contributed by atoms with Gasteiger partial charge in [0.15, 0.2) is 5.69 Å². The molecule has 1 aromatic carbocycles. The second-order valence-electron chi connectivity index (χ2n) is 4.69. The van der Waals surface area contributed by atoms with Gasteiger partial charge in [0.2, 0.25) is 0 Å². The zero-order chi connectivity index (χ0) is 14.5. The first kappa shape index (κ1) is 13.5. The standard InChI is InChI=1S/C16H14N4S/c17-12-14-16(15-9-5-11-21-15)20(19-18-14)10-4-8-13-6-2-1-3-7-13/h1-3,5-7,9,11H,4,8,10H2. The Kier molecular flexibility index (Phi) is 4.08. The van der Waals surface area contributed by atoms with Crippen LogP contribution in [0.4, 0.5) is 0 Å². The van der Waals surface area contributed by atoms with Crippen LogP contribution in [0.25, 0.3) is 10.6 Å². The van der Waals surface area contributed by atoms with Crippen molar-refractivity contribution in [3.05, 3.63) is 59.1 Å². The first-order valence-electron chi connectivity index (χ1n) is 6.80. The number of aryl methyl sites for hydroxylation is 2. The molecule has 0 radical (unpaired) electrons. The zero-order valence-corrected chi connectivity index (χ0v) is 12.3. The van der Waals surface area contributed by atoms with Gasteiger partial charge in [-0.05, 0) is 29.9 Å². The molecule has 2 aromatic heterocycles. The minimum atomic E-state index is 0.400. The zero-order valence-electron chi connectivity index (χ0n) is 11.4. The monoisotopic (exact) mass is 294 g/mol. The Hall–Kier alpha value is -2.45. The highest BCUT2D eigenvalue weighted by atomic mass is 32.1. The summed E-state index contributed by atoms with van der Waals surface area (Å²) in [5.74, 6) is 0. The number of benzene rings is 1. The van der Waals surface area contributed by atoms with Crippen LogP contribution in [0.1, 0.15) is 17.7 Å². The van der Waals surface area contributed by atoms with Gasteiger partial charge in [-0.3, -0.25) is 0 Å². The fourth-order valence-electron chi connectivity index (χ4n) is 2.28. The summed E-state index contributed by atoms with van der Waals surface area (Å²) in [5.41, 5.74) is 2.55. The maximum absolute atomic E-state index is 9.17. The summed E-state index contributed by atoms with van der Waals surface area (Å²) in [6, 6.07) is 16.5. The first-order chi connectivity index (χ1) is 10.4. The molecule has 5 heteroatoms. The molecule has 4 nitrogen and oxygen atoms in total. The number of hydrogen-bond acceptors (Lipinski definition) is 4. The van der Waals surface area contributed by atoms with Gasteiger partial charge in [-0.15, -0.1) is 16.4 Å². The number of aromatic nitrogens is 3. The lowest BCUT2D eigenvalue weighted by molar-refractivity contribution is 0.564. The lowest BCUT2D eigenvalue weighted by Gasteiger charge is -2.05. The molecule has 0 fully saturated rings. The van der Waals surface area contributed by atoms with E-state index < -0.39 is 0 Å². The molecule has 3 rings (SSSR count). The van der Waals surface area contributed by atoms with E-state index in [1.807, 2.05) is 28.3 Å². The van der Waals surface area contributed by atoms with E-state index in [0.717, 1.165) is 30.0 Å². The first-order valence-corrected chi connectivity index (χ1v) is 7.68. The summed E-state index contributed by atoms with van der Waals surface area (Å²) in [5, 5.41) is 19.3. The summed E-state index contributed by atoms with van der Waals surface area (Å²) < 4.78 is 1.84. The highest BCUT2D eigenvalue weighted by Gasteiger charge is 2.15. The molecule has 0 bridgehead atoms. The van der Waals surface area contributed by atoms with E-state index in [9.17, 15) is 5.26 Å². The van der Waals surface area contributed by atoms with Crippen molar-refractivity contribution >= 4 is 11.3 Å². The van der Waals surface area contributed by atoms with E-state index in [2.05, 4.69) is 40.6 Å². The molecule has 0 atom stereocenters. The Morgan fingerprint density at radius 2 is 2.00 bits per heavy atom. The van der Waals surface area contributed by atoms with E-state index in [0.29, 0.717) is 5.69 Å². The van der Waals surface area contributed by atoms with Crippen LogP contribution in [0.15, 0.2) is 47.8 Å². The van der Waals surface area contributed by atoms with Crippen molar-refractivity contribution in [1.82, 2.24) is 15.0 Å². The average molecular weight is 294 g/mol. The number of rotatable bonds is 5. The number of nitrogens with zero attached hydrogens (tertiary/aromatic N) is 4. The molecular formula is C16H14N4S. The predicted octanol–water partition coefficient (Wildman–Crippen LogP) is 3.51. The molecule has 104 valence electrons. The van der Waals surface area contributed by atoms with Crippen LogP contribution in [-0.2, 0) is 13.0 Å². The van der Waals surface area contributed by atoms with E-state index in [-0.39, 0.29) is 0 Å². The molecule has 0 amide bonds. The van der Waals surface area contributed by atoms with Gasteiger partial charge in [-0.25, -0.2) is 4.68 Å². The minimum Gasteiger partial charge on any atom is -0.242 e. The van der Waals surface area contributed by atoms with Gasteiger partial charge in [-0.1, -0.05) is 41.6 Å². The number of thiophene rings is 1. The Balaban J connectivity index is 1.74. The summed E-state index contributed by atoms with van der Waals surface area (Å²) in [7, 11) is 0. The van der Waals surface area contributed by atoms with Gasteiger partial charge in [0.1, 0.15) is 11.8 Å². The smallest absolute Gasteiger partial charge is 0.191 e. The van der Waals surface area contributed by atoms with Gasteiger partial charge in [0, 0.05) is 6.54 Å². The Morgan fingerprint density at radius 1 is 1.14 bits per heavy atom. The van der Waals surface area contributed by atoms with Crippen molar-refractivity contribution in [1.29, 1.82) is 5.26 Å². The van der Waals surface area contributed by atoms with Crippen molar-refractivity contribution in [2.45, 2.75) is 19.4 Å². The van der Waals surface area contributed by atoms with Crippen LogP contribution in [0.3, 0.4) is 0 Å². The van der Waals surface area contributed by atoms with E-state index >= 15 is 0 Å². The minimum absolute atomic E-state index is 0.400. The van der Waals surface area contributed by atoms with Crippen molar-refractivity contribution in [3.63, 3.8) is 0 Å². The van der Waals surface area contributed by atoms with Gasteiger partial charge < -0.3 is 0 Å². The molecule has 0 unspecified atom stereocenters. The second kappa shape index (κ2) is 6.33. The fraction of sp³-hybridized carbons (Fsp3) is 0.188. The van der Waals surface area contributed by atoms with E-state index in [4.69, 9.17) is 0 Å². The van der Waals surface area contributed by atoms with Gasteiger partial charge >= 0.3 is 0 Å². The molecule has 0 spiro atoms. The van der Waals surface area contributed by atoms with E-state index in [1.165, 1.54) is 5.56 Å². The lowest BCUT2D eigenvalue weighted by atomic mass is 10.1. The molecule has 0 N–H and O–H groups in total. The summed E-state index contributed by atoms with van der Waals surface area (Å²) in [6.45, 7) is 0.761. The molecule has 0 saturated heterocycles. The maximum atomic E-state index is 9.17. The van der Waals surface area contributed by atoms with Crippen LogP contribution in [0, 0.1) is 11.3 Å². The van der Waals surface area contributed by atoms with Crippen LogP contribution in [-0.4, -0.2) is 15.0 Å². The maximum Gasteiger partial charge on any atom is 0.191 e. The molecular weight excluding hydrogens is 280 g/mol. The van der Waals surface area contributed by atoms with Gasteiger partial charge in [-0.2, -0.15) is 5.26 Å². The topological polar surface area (TPSA) is 54.5 Å². The normalized spacial score (nSPS) is 10.4. The average Bonchev–Trinajstić information content (AvgIpc) is 3.16. The molecule has 0 aliphatic heterocycles. The summed E-state index contributed by atoms with van der Waals surface area (Å²) in [4.78, 5) is 1.04. The third kappa shape index (κ3) is 3.01. The highest BCUT2D eigenvalue weighted by Crippen LogP contribution is 2.26. The van der Waals surface area contributed by atoms with Crippen LogP contribution < -0.4 is 0 Å². The quantitative estimate of drug-likeness (QED) is 0.723. The third-order valence-electron chi connectivity index (χ3n) is 3.27. The van der Waals surface area contributed by atoms with Gasteiger partial charge in [0.25, 0.3) is 0 Å². The van der Waals surface area contributed by atoms with Crippen molar-refractivity contribution in [2.24, 2.45) is 0 Å². The van der Waals surface area contributed by atoms with Crippen LogP contribution in [0.2, 0.25) is 0 Å². The Labute approximate surface area is 127 Å². The molecule has 21 heavy (non-hydrogen) atoms. The van der Waals surface area contributed by atoms with Crippen LogP contribution >= 0.6 is 11.3 Å². The molecule has 2 heterocycles. The number of hydrogen-bond donors (Lipinski definition) is 0. The fourth-order valence-corrected chi connectivity index (χ4v) is 3.05. The third-order valence-corrected chi connectivity index (χ3v) is 4.15. The predicted molar refractivity (Wildman–Crippen MR) is 82.8 cm³/mol. The molecule has 0 aliphatic carbocycles. The molecule has 3 aromatic rings. The van der Waals surface area contributed by atoms with Crippen molar-refractivity contribution in [2.75, 3.05) is 0 Å². The van der Waals surface area contributed by atoms with Gasteiger partial charge in [0.05, 0.1) is 4.88 Å². The second-order valence-corrected chi connectivity index (χ2v) is 5.64. The SMILES string of the molecule is N#Cc1nnn(CCCc2ccccc2)c1-c1cccs1. The van der Waals surface area contributed by atoms with Crippen molar-refractivity contribution < 1.29 is 0 Å². The lowest BCUT2D eigenvalue weighted by Crippen LogP contribution is -2.03. The van der Waals surface area contributed by atoms with Crippen LogP contribution in [0.5, 0.6) is 0 Å².